The standard InChI is InChI=1S/C12H14ClN3O/c13-9-2-1-3-10(6-9)16-8-15-5-4-14-7-11(15)12(16)17/h1-3,6,11,14H,4-5,7-8H2. The molecule has 2 heterocycles. The third kappa shape index (κ3) is 1.92. The highest BCUT2D eigenvalue weighted by molar-refractivity contribution is 6.30. The van der Waals surface area contributed by atoms with E-state index in [9.17, 15) is 4.79 Å². The summed E-state index contributed by atoms with van der Waals surface area (Å²) in [6.07, 6.45) is 0. The Hall–Kier alpha value is -1.10. The molecule has 2 fully saturated rings. The minimum Gasteiger partial charge on any atom is -0.313 e. The lowest BCUT2D eigenvalue weighted by atomic mass is 10.2. The predicted molar refractivity (Wildman–Crippen MR) is 67.2 cm³/mol. The Bertz CT molecular complexity index is 451. The molecule has 90 valence electrons. The van der Waals surface area contributed by atoms with Crippen molar-refractivity contribution in [1.82, 2.24) is 10.2 Å². The molecule has 1 N–H and O–H groups in total. The molecule has 1 unspecified atom stereocenters. The zero-order valence-corrected chi connectivity index (χ0v) is 10.2. The normalized spacial score (nSPS) is 25.1. The molecule has 3 rings (SSSR count). The number of fused-ring (bicyclic) bond motifs is 1. The molecular weight excluding hydrogens is 238 g/mol. The fourth-order valence-corrected chi connectivity index (χ4v) is 2.63. The highest BCUT2D eigenvalue weighted by Crippen LogP contribution is 2.25. The summed E-state index contributed by atoms with van der Waals surface area (Å²) < 4.78 is 0. The first-order valence-corrected chi connectivity index (χ1v) is 6.15. The number of hydrogen-bond acceptors (Lipinski definition) is 3. The summed E-state index contributed by atoms with van der Waals surface area (Å²) in [4.78, 5) is 16.3. The summed E-state index contributed by atoms with van der Waals surface area (Å²) in [5, 5.41) is 3.92. The number of nitrogens with one attached hydrogen (secondary N) is 1. The molecule has 1 atom stereocenters. The number of halogens is 1. The quantitative estimate of drug-likeness (QED) is 0.806. The van der Waals surface area contributed by atoms with Crippen LogP contribution in [0.4, 0.5) is 5.69 Å². The van der Waals surface area contributed by atoms with Crippen LogP contribution in [0.3, 0.4) is 0 Å². The van der Waals surface area contributed by atoms with Gasteiger partial charge >= 0.3 is 0 Å². The average Bonchev–Trinajstić information content (AvgIpc) is 2.68. The van der Waals surface area contributed by atoms with E-state index in [2.05, 4.69) is 10.2 Å². The molecule has 0 radical (unpaired) electrons. The Kier molecular flexibility index (Phi) is 2.78. The third-order valence-corrected chi connectivity index (χ3v) is 3.58. The van der Waals surface area contributed by atoms with Crippen LogP contribution in [-0.2, 0) is 4.79 Å². The van der Waals surface area contributed by atoms with Crippen LogP contribution in [-0.4, -0.2) is 43.2 Å². The molecule has 2 aliphatic heterocycles. The summed E-state index contributed by atoms with van der Waals surface area (Å²) in [5.41, 5.74) is 0.886. The van der Waals surface area contributed by atoms with E-state index >= 15 is 0 Å². The van der Waals surface area contributed by atoms with Crippen molar-refractivity contribution in [2.75, 3.05) is 31.2 Å². The van der Waals surface area contributed by atoms with Gasteiger partial charge < -0.3 is 5.32 Å². The van der Waals surface area contributed by atoms with Gasteiger partial charge in [0.15, 0.2) is 0 Å². The van der Waals surface area contributed by atoms with E-state index in [0.29, 0.717) is 11.7 Å². The number of rotatable bonds is 1. The van der Waals surface area contributed by atoms with Gasteiger partial charge in [0.25, 0.3) is 0 Å². The van der Waals surface area contributed by atoms with Crippen LogP contribution in [0.25, 0.3) is 0 Å². The van der Waals surface area contributed by atoms with E-state index in [1.54, 1.807) is 0 Å². The number of hydrogen-bond donors (Lipinski definition) is 1. The molecule has 4 nitrogen and oxygen atoms in total. The number of nitrogens with zero attached hydrogens (tertiary/aromatic N) is 2. The molecule has 1 amide bonds. The summed E-state index contributed by atoms with van der Waals surface area (Å²) in [6.45, 7) is 3.29. The second-order valence-corrected chi connectivity index (χ2v) is 4.86. The van der Waals surface area contributed by atoms with E-state index in [1.807, 2.05) is 29.2 Å². The van der Waals surface area contributed by atoms with E-state index in [-0.39, 0.29) is 11.9 Å². The number of anilines is 1. The molecule has 17 heavy (non-hydrogen) atoms. The van der Waals surface area contributed by atoms with Gasteiger partial charge in [-0.15, -0.1) is 0 Å². The van der Waals surface area contributed by atoms with E-state index in [0.717, 1.165) is 25.3 Å². The molecule has 1 aromatic carbocycles. The van der Waals surface area contributed by atoms with Gasteiger partial charge in [-0.1, -0.05) is 17.7 Å². The minimum absolute atomic E-state index is 0.0114. The first-order valence-electron chi connectivity index (χ1n) is 5.77. The second-order valence-electron chi connectivity index (χ2n) is 4.42. The predicted octanol–water partition coefficient (Wildman–Crippen LogP) is 0.918. The topological polar surface area (TPSA) is 35.6 Å². The maximum atomic E-state index is 12.3. The van der Waals surface area contributed by atoms with Crippen LogP contribution in [0.5, 0.6) is 0 Å². The Balaban J connectivity index is 1.87. The Morgan fingerprint density at radius 3 is 3.06 bits per heavy atom. The molecule has 0 aliphatic carbocycles. The van der Waals surface area contributed by atoms with Crippen LogP contribution < -0.4 is 10.2 Å². The van der Waals surface area contributed by atoms with E-state index in [4.69, 9.17) is 11.6 Å². The van der Waals surface area contributed by atoms with Crippen LogP contribution in [0, 0.1) is 0 Å². The summed E-state index contributed by atoms with van der Waals surface area (Å²) >= 11 is 5.96. The molecule has 0 spiro atoms. The van der Waals surface area contributed by atoms with Crippen molar-refractivity contribution < 1.29 is 4.79 Å². The van der Waals surface area contributed by atoms with Gasteiger partial charge in [0.05, 0.1) is 6.67 Å². The summed E-state index contributed by atoms with van der Waals surface area (Å²) in [7, 11) is 0. The van der Waals surface area contributed by atoms with Gasteiger partial charge in [-0.2, -0.15) is 0 Å². The number of carbonyl (C=O) groups is 1. The first-order chi connectivity index (χ1) is 8.25. The third-order valence-electron chi connectivity index (χ3n) is 3.35. The highest BCUT2D eigenvalue weighted by atomic mass is 35.5. The van der Waals surface area contributed by atoms with Crippen molar-refractivity contribution in [2.45, 2.75) is 6.04 Å². The summed E-state index contributed by atoms with van der Waals surface area (Å²) in [6, 6.07) is 7.45. The zero-order valence-electron chi connectivity index (χ0n) is 9.40. The molecule has 1 aromatic rings. The fourth-order valence-electron chi connectivity index (χ4n) is 2.44. The smallest absolute Gasteiger partial charge is 0.246 e. The van der Waals surface area contributed by atoms with Crippen molar-refractivity contribution >= 4 is 23.2 Å². The molecule has 5 heteroatoms. The van der Waals surface area contributed by atoms with Crippen LogP contribution in [0.2, 0.25) is 5.02 Å². The van der Waals surface area contributed by atoms with Gasteiger partial charge in [0.1, 0.15) is 6.04 Å². The molecule has 0 aromatic heterocycles. The van der Waals surface area contributed by atoms with Crippen LogP contribution in [0.15, 0.2) is 24.3 Å². The van der Waals surface area contributed by atoms with Gasteiger partial charge in [-0.25, -0.2) is 0 Å². The largest absolute Gasteiger partial charge is 0.313 e. The summed E-state index contributed by atoms with van der Waals surface area (Å²) in [5.74, 6) is 0.166. The van der Waals surface area contributed by atoms with Crippen LogP contribution in [0.1, 0.15) is 0 Å². The fraction of sp³-hybridized carbons (Fsp3) is 0.417. The number of benzene rings is 1. The molecule has 2 aliphatic rings. The average molecular weight is 252 g/mol. The van der Waals surface area contributed by atoms with Gasteiger partial charge in [0, 0.05) is 30.3 Å². The SMILES string of the molecule is O=C1C2CNCCN2CN1c1cccc(Cl)c1. The Morgan fingerprint density at radius 1 is 1.41 bits per heavy atom. The lowest BCUT2D eigenvalue weighted by molar-refractivity contribution is -0.119. The van der Waals surface area contributed by atoms with Crippen molar-refractivity contribution in [3.8, 4) is 0 Å². The molecule has 0 bridgehead atoms. The van der Waals surface area contributed by atoms with Crippen molar-refractivity contribution in [1.29, 1.82) is 0 Å². The van der Waals surface area contributed by atoms with E-state index < -0.39 is 0 Å². The maximum Gasteiger partial charge on any atom is 0.246 e. The van der Waals surface area contributed by atoms with Gasteiger partial charge in [0.2, 0.25) is 5.91 Å². The van der Waals surface area contributed by atoms with E-state index in [1.165, 1.54) is 0 Å². The number of amides is 1. The number of carbonyl (C=O) groups excluding carboxylic acids is 1. The lowest BCUT2D eigenvalue weighted by Crippen LogP contribution is -2.50. The lowest BCUT2D eigenvalue weighted by Gasteiger charge is -2.26. The van der Waals surface area contributed by atoms with Gasteiger partial charge in [-0.05, 0) is 18.2 Å². The Labute approximate surface area is 105 Å². The minimum atomic E-state index is -0.0114. The van der Waals surface area contributed by atoms with Crippen LogP contribution >= 0.6 is 11.6 Å². The monoisotopic (exact) mass is 251 g/mol. The second kappa shape index (κ2) is 4.29. The maximum absolute atomic E-state index is 12.3. The van der Waals surface area contributed by atoms with Gasteiger partial charge in [-0.3, -0.25) is 14.6 Å². The van der Waals surface area contributed by atoms with Crippen molar-refractivity contribution in [3.63, 3.8) is 0 Å². The molecule has 0 saturated carbocycles. The highest BCUT2D eigenvalue weighted by Gasteiger charge is 2.40. The van der Waals surface area contributed by atoms with Crippen molar-refractivity contribution in [2.24, 2.45) is 0 Å². The number of piperazine rings is 1. The molecular formula is C12H14ClN3O. The van der Waals surface area contributed by atoms with Crippen molar-refractivity contribution in [3.05, 3.63) is 29.3 Å². The first kappa shape index (κ1) is 11.0. The molecule has 2 saturated heterocycles. The Morgan fingerprint density at radius 2 is 2.29 bits per heavy atom. The zero-order chi connectivity index (χ0) is 11.8.